The molecule has 1 aromatic heterocycles. The van der Waals surface area contributed by atoms with Crippen molar-refractivity contribution in [3.63, 3.8) is 0 Å². The van der Waals surface area contributed by atoms with Crippen molar-refractivity contribution in [1.29, 1.82) is 0 Å². The molecule has 1 heterocycles. The molecule has 2 N–H and O–H groups in total. The van der Waals surface area contributed by atoms with Gasteiger partial charge in [0.05, 0.1) is 17.7 Å². The molecule has 31 heavy (non-hydrogen) atoms. The quantitative estimate of drug-likeness (QED) is 0.451. The molecule has 0 aliphatic rings. The lowest BCUT2D eigenvalue weighted by atomic mass is 9.99. The second kappa shape index (κ2) is 8.67. The van der Waals surface area contributed by atoms with Gasteiger partial charge >= 0.3 is 5.97 Å². The standard InChI is InChI=1S/C25H20N2O4/c1-2-31-19-11-7-16(8-12-19)20-5-3-4-6-21(20)24(28)27-23-14-10-17-15-18(25(29)30)9-13-22(17)26-23/h3-15H,2H2,1H3,(H,29,30)(H,26,27,28). The van der Waals surface area contributed by atoms with E-state index in [1.54, 1.807) is 30.3 Å². The Hall–Kier alpha value is -4.19. The predicted molar refractivity (Wildman–Crippen MR) is 120 cm³/mol. The predicted octanol–water partition coefficient (Wildman–Crippen LogP) is 5.25. The summed E-state index contributed by atoms with van der Waals surface area (Å²) in [6.45, 7) is 2.52. The number of amides is 1. The number of nitrogens with one attached hydrogen (secondary N) is 1. The third kappa shape index (κ3) is 4.38. The molecule has 0 radical (unpaired) electrons. The van der Waals surface area contributed by atoms with Crippen LogP contribution in [0.5, 0.6) is 5.75 Å². The molecule has 0 fully saturated rings. The van der Waals surface area contributed by atoms with Crippen molar-refractivity contribution in [3.05, 3.63) is 90.0 Å². The molecule has 0 unspecified atom stereocenters. The van der Waals surface area contributed by atoms with Crippen LogP contribution in [-0.4, -0.2) is 28.6 Å². The second-order valence-electron chi connectivity index (χ2n) is 6.87. The lowest BCUT2D eigenvalue weighted by Gasteiger charge is -2.11. The molecule has 3 aromatic carbocycles. The molecule has 1 amide bonds. The van der Waals surface area contributed by atoms with E-state index in [0.717, 1.165) is 16.9 Å². The van der Waals surface area contributed by atoms with Gasteiger partial charge < -0.3 is 15.2 Å². The molecule has 4 rings (SSSR count). The van der Waals surface area contributed by atoms with Crippen LogP contribution in [-0.2, 0) is 0 Å². The van der Waals surface area contributed by atoms with E-state index < -0.39 is 5.97 Å². The number of benzene rings is 3. The van der Waals surface area contributed by atoms with Crippen LogP contribution < -0.4 is 10.1 Å². The van der Waals surface area contributed by atoms with E-state index in [1.807, 2.05) is 49.4 Å². The van der Waals surface area contributed by atoms with Crippen LogP contribution in [0.3, 0.4) is 0 Å². The van der Waals surface area contributed by atoms with Gasteiger partial charge in [-0.05, 0) is 66.6 Å². The Kier molecular flexibility index (Phi) is 5.62. The molecule has 4 aromatic rings. The van der Waals surface area contributed by atoms with Crippen LogP contribution in [0.2, 0.25) is 0 Å². The van der Waals surface area contributed by atoms with Gasteiger partial charge in [-0.2, -0.15) is 0 Å². The fourth-order valence-electron chi connectivity index (χ4n) is 3.34. The first-order chi connectivity index (χ1) is 15.0. The summed E-state index contributed by atoms with van der Waals surface area (Å²) in [6.07, 6.45) is 0. The number of ether oxygens (including phenoxy) is 1. The van der Waals surface area contributed by atoms with Crippen molar-refractivity contribution in [3.8, 4) is 16.9 Å². The number of aromatic nitrogens is 1. The van der Waals surface area contributed by atoms with Crippen LogP contribution in [0, 0.1) is 0 Å². The molecule has 0 atom stereocenters. The smallest absolute Gasteiger partial charge is 0.335 e. The normalized spacial score (nSPS) is 10.6. The van der Waals surface area contributed by atoms with Gasteiger partial charge in [0.2, 0.25) is 0 Å². The number of aromatic carboxylic acids is 1. The van der Waals surface area contributed by atoms with Crippen molar-refractivity contribution in [2.24, 2.45) is 0 Å². The first kappa shape index (κ1) is 20.1. The summed E-state index contributed by atoms with van der Waals surface area (Å²) < 4.78 is 5.49. The first-order valence-electron chi connectivity index (χ1n) is 9.83. The summed E-state index contributed by atoms with van der Waals surface area (Å²) in [4.78, 5) is 28.6. The van der Waals surface area contributed by atoms with Gasteiger partial charge in [0.1, 0.15) is 11.6 Å². The van der Waals surface area contributed by atoms with E-state index >= 15 is 0 Å². The maximum absolute atomic E-state index is 13.0. The van der Waals surface area contributed by atoms with Crippen molar-refractivity contribution in [1.82, 2.24) is 4.98 Å². The van der Waals surface area contributed by atoms with Crippen LogP contribution in [0.1, 0.15) is 27.6 Å². The Morgan fingerprint density at radius 1 is 0.968 bits per heavy atom. The van der Waals surface area contributed by atoms with Gasteiger partial charge in [-0.15, -0.1) is 0 Å². The van der Waals surface area contributed by atoms with E-state index in [-0.39, 0.29) is 11.5 Å². The van der Waals surface area contributed by atoms with Crippen molar-refractivity contribution in [2.75, 3.05) is 11.9 Å². The lowest BCUT2D eigenvalue weighted by molar-refractivity contribution is 0.0697. The average Bonchev–Trinajstić information content (AvgIpc) is 2.79. The summed E-state index contributed by atoms with van der Waals surface area (Å²) >= 11 is 0. The number of anilines is 1. The number of hydrogen-bond donors (Lipinski definition) is 2. The number of carbonyl (C=O) groups is 2. The van der Waals surface area contributed by atoms with Gasteiger partial charge in [0.15, 0.2) is 0 Å². The molecule has 0 spiro atoms. The summed E-state index contributed by atoms with van der Waals surface area (Å²) in [5.41, 5.74) is 3.02. The SMILES string of the molecule is CCOc1ccc(-c2ccccc2C(=O)Nc2ccc3cc(C(=O)O)ccc3n2)cc1. The highest BCUT2D eigenvalue weighted by atomic mass is 16.5. The maximum atomic E-state index is 13.0. The number of rotatable bonds is 6. The van der Waals surface area contributed by atoms with Gasteiger partial charge in [-0.25, -0.2) is 9.78 Å². The topological polar surface area (TPSA) is 88.5 Å². The van der Waals surface area contributed by atoms with E-state index in [0.29, 0.717) is 28.9 Å². The number of fused-ring (bicyclic) bond motifs is 1. The molecular formula is C25H20N2O4. The number of hydrogen-bond acceptors (Lipinski definition) is 4. The molecular weight excluding hydrogens is 392 g/mol. The molecule has 0 aliphatic heterocycles. The molecule has 0 saturated carbocycles. The maximum Gasteiger partial charge on any atom is 0.335 e. The van der Waals surface area contributed by atoms with Gasteiger partial charge in [0.25, 0.3) is 5.91 Å². The van der Waals surface area contributed by atoms with Crippen molar-refractivity contribution >= 4 is 28.6 Å². The minimum atomic E-state index is -0.995. The highest BCUT2D eigenvalue weighted by molar-refractivity contribution is 6.08. The zero-order valence-electron chi connectivity index (χ0n) is 16.8. The zero-order valence-corrected chi connectivity index (χ0v) is 16.8. The van der Waals surface area contributed by atoms with Crippen LogP contribution in [0.15, 0.2) is 78.9 Å². The van der Waals surface area contributed by atoms with Crippen LogP contribution in [0.25, 0.3) is 22.0 Å². The summed E-state index contributed by atoms with van der Waals surface area (Å²) in [7, 11) is 0. The Bertz CT molecular complexity index is 1270. The molecule has 0 aliphatic carbocycles. The number of nitrogens with zero attached hydrogens (tertiary/aromatic N) is 1. The summed E-state index contributed by atoms with van der Waals surface area (Å²) in [6, 6.07) is 23.0. The number of carboxylic acids is 1. The Morgan fingerprint density at radius 3 is 2.48 bits per heavy atom. The molecule has 0 saturated heterocycles. The molecule has 6 nitrogen and oxygen atoms in total. The fourth-order valence-corrected chi connectivity index (χ4v) is 3.34. The Morgan fingerprint density at radius 2 is 1.74 bits per heavy atom. The minimum Gasteiger partial charge on any atom is -0.494 e. The van der Waals surface area contributed by atoms with Crippen LogP contribution in [0.4, 0.5) is 5.82 Å². The fraction of sp³-hybridized carbons (Fsp3) is 0.0800. The molecule has 6 heteroatoms. The Balaban J connectivity index is 1.60. The monoisotopic (exact) mass is 412 g/mol. The molecule has 154 valence electrons. The zero-order chi connectivity index (χ0) is 21.8. The lowest BCUT2D eigenvalue weighted by Crippen LogP contribution is -2.14. The number of carbonyl (C=O) groups excluding carboxylic acids is 1. The minimum absolute atomic E-state index is 0.190. The summed E-state index contributed by atoms with van der Waals surface area (Å²) in [5, 5.41) is 12.6. The van der Waals surface area contributed by atoms with E-state index in [4.69, 9.17) is 9.84 Å². The second-order valence-corrected chi connectivity index (χ2v) is 6.87. The average molecular weight is 412 g/mol. The largest absolute Gasteiger partial charge is 0.494 e. The highest BCUT2D eigenvalue weighted by Crippen LogP contribution is 2.27. The van der Waals surface area contributed by atoms with Gasteiger partial charge in [0, 0.05) is 10.9 Å². The van der Waals surface area contributed by atoms with Crippen molar-refractivity contribution < 1.29 is 19.4 Å². The number of carboxylic acid groups (broad SMARTS) is 1. The van der Waals surface area contributed by atoms with Crippen molar-refractivity contribution in [2.45, 2.75) is 6.92 Å². The van der Waals surface area contributed by atoms with Crippen LogP contribution >= 0.6 is 0 Å². The third-order valence-corrected chi connectivity index (χ3v) is 4.83. The highest BCUT2D eigenvalue weighted by Gasteiger charge is 2.14. The first-order valence-corrected chi connectivity index (χ1v) is 9.83. The summed E-state index contributed by atoms with van der Waals surface area (Å²) in [5.74, 6) is -0.106. The van der Waals surface area contributed by atoms with E-state index in [2.05, 4.69) is 10.3 Å². The van der Waals surface area contributed by atoms with Gasteiger partial charge in [-0.3, -0.25) is 4.79 Å². The van der Waals surface area contributed by atoms with Gasteiger partial charge in [-0.1, -0.05) is 30.3 Å². The third-order valence-electron chi connectivity index (χ3n) is 4.83. The molecule has 0 bridgehead atoms. The van der Waals surface area contributed by atoms with E-state index in [9.17, 15) is 9.59 Å². The van der Waals surface area contributed by atoms with E-state index in [1.165, 1.54) is 6.07 Å². The Labute approximate surface area is 179 Å². The number of pyridine rings is 1.